The van der Waals surface area contributed by atoms with Crippen LogP contribution in [0.25, 0.3) is 0 Å². The van der Waals surface area contributed by atoms with Crippen molar-refractivity contribution in [1.82, 2.24) is 0 Å². The minimum Gasteiger partial charge on any atom is -0.462 e. The third-order valence-electron chi connectivity index (χ3n) is 2.27. The van der Waals surface area contributed by atoms with Gasteiger partial charge >= 0.3 is 5.97 Å². The van der Waals surface area contributed by atoms with Crippen molar-refractivity contribution in [1.29, 1.82) is 5.26 Å². The fraction of sp³-hybridized carbons (Fsp3) is 0.500. The second-order valence-electron chi connectivity index (χ2n) is 3.78. The number of nitrogens with zero attached hydrogens (tertiary/aromatic N) is 1. The zero-order valence-corrected chi connectivity index (χ0v) is 10.8. The van der Waals surface area contributed by atoms with Gasteiger partial charge in [0.15, 0.2) is 0 Å². The Kier molecular flexibility index (Phi) is 4.08. The number of carbonyl (C=O) groups is 1. The topological polar surface area (TPSA) is 50.1 Å². The molecule has 4 heteroatoms. The lowest BCUT2D eigenvalue weighted by molar-refractivity contribution is 0.0531. The van der Waals surface area contributed by atoms with Crippen LogP contribution >= 0.6 is 11.3 Å². The minimum atomic E-state index is -0.326. The first-order valence-corrected chi connectivity index (χ1v) is 6.05. The average molecular weight is 237 g/mol. The van der Waals surface area contributed by atoms with E-state index in [0.717, 1.165) is 10.4 Å². The number of nitriles is 1. The first-order valence-electron chi connectivity index (χ1n) is 5.23. The van der Waals surface area contributed by atoms with Gasteiger partial charge in [-0.05, 0) is 25.3 Å². The van der Waals surface area contributed by atoms with Crippen LogP contribution in [0.5, 0.6) is 0 Å². The van der Waals surface area contributed by atoms with Gasteiger partial charge in [-0.1, -0.05) is 13.8 Å². The van der Waals surface area contributed by atoms with Gasteiger partial charge in [0.1, 0.15) is 10.9 Å². The molecule has 0 aromatic carbocycles. The number of thiophene rings is 1. The van der Waals surface area contributed by atoms with Crippen molar-refractivity contribution in [3.63, 3.8) is 0 Å². The molecule has 1 heterocycles. The Balaban J connectivity index is 3.24. The molecule has 0 radical (unpaired) electrons. The predicted octanol–water partition coefficient (Wildman–Crippen LogP) is 3.23. The molecule has 0 spiro atoms. The van der Waals surface area contributed by atoms with Crippen LogP contribution in [0.1, 0.15) is 52.4 Å². The molecule has 1 aromatic rings. The van der Waals surface area contributed by atoms with Crippen LogP contribution in [0.3, 0.4) is 0 Å². The van der Waals surface area contributed by atoms with Crippen LogP contribution in [0.2, 0.25) is 0 Å². The summed E-state index contributed by atoms with van der Waals surface area (Å²) in [5.74, 6) is -0.0741. The second kappa shape index (κ2) is 5.13. The summed E-state index contributed by atoms with van der Waals surface area (Å²) in [5, 5.41) is 9.08. The molecule has 3 nitrogen and oxygen atoms in total. The summed E-state index contributed by atoms with van der Waals surface area (Å²) in [7, 11) is 0. The van der Waals surface area contributed by atoms with Gasteiger partial charge in [0.2, 0.25) is 0 Å². The average Bonchev–Trinajstić information content (AvgIpc) is 2.55. The maximum absolute atomic E-state index is 11.6. The maximum atomic E-state index is 11.6. The van der Waals surface area contributed by atoms with E-state index in [1.807, 2.05) is 13.8 Å². The molecule has 0 fully saturated rings. The van der Waals surface area contributed by atoms with Crippen LogP contribution < -0.4 is 0 Å². The lowest BCUT2D eigenvalue weighted by atomic mass is 10.0. The van der Waals surface area contributed by atoms with Gasteiger partial charge in [0.25, 0.3) is 0 Å². The fourth-order valence-corrected chi connectivity index (χ4v) is 2.63. The van der Waals surface area contributed by atoms with Crippen LogP contribution in [0, 0.1) is 18.3 Å². The molecule has 0 aliphatic rings. The van der Waals surface area contributed by atoms with Crippen molar-refractivity contribution in [3.05, 3.63) is 20.9 Å². The highest BCUT2D eigenvalue weighted by molar-refractivity contribution is 7.14. The van der Waals surface area contributed by atoms with E-state index in [0.29, 0.717) is 17.0 Å². The second-order valence-corrected chi connectivity index (χ2v) is 4.83. The molecular formula is C12H15NO2S. The van der Waals surface area contributed by atoms with Crippen molar-refractivity contribution >= 4 is 17.3 Å². The molecule has 0 saturated heterocycles. The third-order valence-corrected chi connectivity index (χ3v) is 3.84. The Morgan fingerprint density at radius 2 is 2.19 bits per heavy atom. The van der Waals surface area contributed by atoms with Crippen molar-refractivity contribution < 1.29 is 9.53 Å². The van der Waals surface area contributed by atoms with E-state index in [1.54, 1.807) is 13.8 Å². The molecule has 0 aliphatic heterocycles. The summed E-state index contributed by atoms with van der Waals surface area (Å²) in [6.07, 6.45) is 0. The quantitative estimate of drug-likeness (QED) is 0.758. The molecular weight excluding hydrogens is 222 g/mol. The van der Waals surface area contributed by atoms with Crippen LogP contribution in [-0.2, 0) is 4.74 Å². The molecule has 0 saturated carbocycles. The highest BCUT2D eigenvalue weighted by Crippen LogP contribution is 2.33. The van der Waals surface area contributed by atoms with E-state index in [-0.39, 0.29) is 11.9 Å². The van der Waals surface area contributed by atoms with Crippen LogP contribution in [0.4, 0.5) is 0 Å². The Bertz CT molecular complexity index is 441. The highest BCUT2D eigenvalue weighted by Gasteiger charge is 2.22. The Morgan fingerprint density at radius 3 is 2.56 bits per heavy atom. The van der Waals surface area contributed by atoms with E-state index < -0.39 is 0 Å². The maximum Gasteiger partial charge on any atom is 0.348 e. The van der Waals surface area contributed by atoms with Crippen molar-refractivity contribution in [3.8, 4) is 6.07 Å². The standard InChI is InChI=1S/C12H15NO2S/c1-5-15-12(14)11-8(4)9(6-13)10(16-11)7(2)3/h7H,5H2,1-4H3. The van der Waals surface area contributed by atoms with E-state index in [2.05, 4.69) is 6.07 Å². The van der Waals surface area contributed by atoms with Gasteiger partial charge in [-0.15, -0.1) is 11.3 Å². The fourth-order valence-electron chi connectivity index (χ4n) is 1.47. The number of hydrogen-bond acceptors (Lipinski definition) is 4. The van der Waals surface area contributed by atoms with Crippen LogP contribution in [-0.4, -0.2) is 12.6 Å². The molecule has 86 valence electrons. The number of carbonyl (C=O) groups excluding carboxylic acids is 1. The van der Waals surface area contributed by atoms with Gasteiger partial charge in [0.05, 0.1) is 12.2 Å². The Labute approximate surface area is 99.7 Å². The first kappa shape index (κ1) is 12.7. The van der Waals surface area contributed by atoms with Crippen LogP contribution in [0.15, 0.2) is 0 Å². The van der Waals surface area contributed by atoms with E-state index in [9.17, 15) is 4.79 Å². The highest BCUT2D eigenvalue weighted by atomic mass is 32.1. The SMILES string of the molecule is CCOC(=O)c1sc(C(C)C)c(C#N)c1C. The lowest BCUT2D eigenvalue weighted by Gasteiger charge is -2.00. The number of esters is 1. The van der Waals surface area contributed by atoms with Gasteiger partial charge in [0, 0.05) is 4.88 Å². The largest absolute Gasteiger partial charge is 0.462 e. The monoisotopic (exact) mass is 237 g/mol. The molecule has 0 amide bonds. The number of ether oxygens (including phenoxy) is 1. The molecule has 0 atom stereocenters. The first-order chi connectivity index (χ1) is 7.52. The zero-order chi connectivity index (χ0) is 12.3. The van der Waals surface area contributed by atoms with Crippen molar-refractivity contribution in [2.45, 2.75) is 33.6 Å². The minimum absolute atomic E-state index is 0.251. The van der Waals surface area contributed by atoms with Gasteiger partial charge in [-0.3, -0.25) is 0 Å². The molecule has 0 bridgehead atoms. The Morgan fingerprint density at radius 1 is 1.56 bits per heavy atom. The van der Waals surface area contributed by atoms with E-state index >= 15 is 0 Å². The van der Waals surface area contributed by atoms with Gasteiger partial charge in [-0.2, -0.15) is 5.26 Å². The van der Waals surface area contributed by atoms with E-state index in [4.69, 9.17) is 10.00 Å². The summed E-state index contributed by atoms with van der Waals surface area (Å²) in [5.41, 5.74) is 1.37. The normalized spacial score (nSPS) is 10.2. The molecule has 1 rings (SSSR count). The Hall–Kier alpha value is -1.34. The molecule has 16 heavy (non-hydrogen) atoms. The summed E-state index contributed by atoms with van der Waals surface area (Å²) in [6.45, 7) is 7.96. The third kappa shape index (κ3) is 2.25. The summed E-state index contributed by atoms with van der Waals surface area (Å²) in [4.78, 5) is 13.2. The summed E-state index contributed by atoms with van der Waals surface area (Å²) < 4.78 is 4.96. The molecule has 0 unspecified atom stereocenters. The zero-order valence-electron chi connectivity index (χ0n) is 9.96. The summed E-state index contributed by atoms with van der Waals surface area (Å²) in [6, 6.07) is 2.17. The molecule has 0 N–H and O–H groups in total. The summed E-state index contributed by atoms with van der Waals surface area (Å²) >= 11 is 1.37. The lowest BCUT2D eigenvalue weighted by Crippen LogP contribution is -2.03. The number of hydrogen-bond donors (Lipinski definition) is 0. The van der Waals surface area contributed by atoms with Crippen molar-refractivity contribution in [2.24, 2.45) is 0 Å². The molecule has 1 aromatic heterocycles. The van der Waals surface area contributed by atoms with Gasteiger partial charge in [-0.25, -0.2) is 4.79 Å². The van der Waals surface area contributed by atoms with Gasteiger partial charge < -0.3 is 4.74 Å². The molecule has 0 aliphatic carbocycles. The predicted molar refractivity (Wildman–Crippen MR) is 63.8 cm³/mol. The van der Waals surface area contributed by atoms with E-state index in [1.165, 1.54) is 11.3 Å². The smallest absolute Gasteiger partial charge is 0.348 e. The van der Waals surface area contributed by atoms with Crippen molar-refractivity contribution in [2.75, 3.05) is 6.61 Å². The number of rotatable bonds is 3.